The summed E-state index contributed by atoms with van der Waals surface area (Å²) in [6.45, 7) is 3.02. The Kier molecular flexibility index (Phi) is 3.42. The molecule has 0 bridgehead atoms. The first-order valence-corrected chi connectivity index (χ1v) is 5.75. The van der Waals surface area contributed by atoms with Crippen molar-refractivity contribution in [2.75, 3.05) is 0 Å². The lowest BCUT2D eigenvalue weighted by molar-refractivity contribution is 0.578. The minimum Gasteiger partial charge on any atom is -0.305 e. The Hall–Kier alpha value is -1.26. The average molecular weight is 219 g/mol. The maximum atomic E-state index is 4.04. The van der Waals surface area contributed by atoms with Gasteiger partial charge in [0.2, 0.25) is 0 Å². The SMILES string of the molecule is C[C@@H](NCc1cncs1)c1ccncc1. The number of nitrogens with one attached hydrogen (secondary N) is 1. The summed E-state index contributed by atoms with van der Waals surface area (Å²) in [4.78, 5) is 9.30. The Morgan fingerprint density at radius 3 is 2.80 bits per heavy atom. The molecule has 0 unspecified atom stereocenters. The molecule has 4 heteroatoms. The number of rotatable bonds is 4. The number of aromatic nitrogens is 2. The molecular weight excluding hydrogens is 206 g/mol. The monoisotopic (exact) mass is 219 g/mol. The summed E-state index contributed by atoms with van der Waals surface area (Å²) in [5.74, 6) is 0. The van der Waals surface area contributed by atoms with Gasteiger partial charge in [0.1, 0.15) is 0 Å². The van der Waals surface area contributed by atoms with E-state index in [-0.39, 0.29) is 0 Å². The van der Waals surface area contributed by atoms with Crippen LogP contribution >= 0.6 is 11.3 Å². The van der Waals surface area contributed by atoms with Crippen molar-refractivity contribution < 1.29 is 0 Å². The molecule has 0 fully saturated rings. The van der Waals surface area contributed by atoms with Gasteiger partial charge < -0.3 is 5.32 Å². The van der Waals surface area contributed by atoms with Crippen LogP contribution in [0.2, 0.25) is 0 Å². The highest BCUT2D eigenvalue weighted by atomic mass is 32.1. The van der Waals surface area contributed by atoms with E-state index < -0.39 is 0 Å². The number of nitrogens with zero attached hydrogens (tertiary/aromatic N) is 2. The zero-order valence-corrected chi connectivity index (χ0v) is 9.37. The van der Waals surface area contributed by atoms with Gasteiger partial charge in [-0.15, -0.1) is 11.3 Å². The van der Waals surface area contributed by atoms with Crippen LogP contribution in [-0.2, 0) is 6.54 Å². The second kappa shape index (κ2) is 5.00. The highest BCUT2D eigenvalue weighted by Gasteiger charge is 2.04. The molecule has 2 heterocycles. The standard InChI is InChI=1S/C11H13N3S/c1-9(10-2-4-12-5-3-10)14-7-11-6-13-8-15-11/h2-6,8-9,14H,7H2,1H3/t9-/m1/s1. The summed E-state index contributed by atoms with van der Waals surface area (Å²) in [7, 11) is 0. The van der Waals surface area contributed by atoms with Crippen molar-refractivity contribution in [3.63, 3.8) is 0 Å². The van der Waals surface area contributed by atoms with Crippen LogP contribution in [0.1, 0.15) is 23.4 Å². The Bertz CT molecular complexity index is 385. The number of thiazole rings is 1. The van der Waals surface area contributed by atoms with Gasteiger partial charge in [0.15, 0.2) is 0 Å². The van der Waals surface area contributed by atoms with Crippen LogP contribution in [0.3, 0.4) is 0 Å². The Labute approximate surface area is 93.2 Å². The lowest BCUT2D eigenvalue weighted by Gasteiger charge is -2.12. The second-order valence-corrected chi connectivity index (χ2v) is 4.32. The molecule has 2 aromatic heterocycles. The molecule has 0 spiro atoms. The first-order valence-electron chi connectivity index (χ1n) is 4.87. The summed E-state index contributed by atoms with van der Waals surface area (Å²) in [5.41, 5.74) is 3.11. The van der Waals surface area contributed by atoms with E-state index >= 15 is 0 Å². The third-order valence-electron chi connectivity index (χ3n) is 2.27. The number of pyridine rings is 1. The van der Waals surface area contributed by atoms with E-state index in [0.717, 1.165) is 6.54 Å². The maximum absolute atomic E-state index is 4.04. The van der Waals surface area contributed by atoms with Gasteiger partial charge in [-0.25, -0.2) is 0 Å². The van der Waals surface area contributed by atoms with Crippen LogP contribution in [0.5, 0.6) is 0 Å². The van der Waals surface area contributed by atoms with Gasteiger partial charge in [0, 0.05) is 36.1 Å². The van der Waals surface area contributed by atoms with Crippen LogP contribution < -0.4 is 5.32 Å². The van der Waals surface area contributed by atoms with Crippen LogP contribution in [0.4, 0.5) is 0 Å². The minimum atomic E-state index is 0.343. The topological polar surface area (TPSA) is 37.8 Å². The predicted molar refractivity (Wildman–Crippen MR) is 61.6 cm³/mol. The van der Waals surface area contributed by atoms with Crippen molar-refractivity contribution in [2.45, 2.75) is 19.5 Å². The van der Waals surface area contributed by atoms with Crippen molar-refractivity contribution in [2.24, 2.45) is 0 Å². The van der Waals surface area contributed by atoms with Crippen LogP contribution in [0.25, 0.3) is 0 Å². The van der Waals surface area contributed by atoms with Gasteiger partial charge in [0.05, 0.1) is 5.51 Å². The van der Waals surface area contributed by atoms with Crippen LogP contribution in [0, 0.1) is 0 Å². The molecule has 0 amide bonds. The van der Waals surface area contributed by atoms with Gasteiger partial charge in [0.25, 0.3) is 0 Å². The smallest absolute Gasteiger partial charge is 0.0794 e. The van der Waals surface area contributed by atoms with Crippen molar-refractivity contribution >= 4 is 11.3 Å². The van der Waals surface area contributed by atoms with Crippen LogP contribution in [-0.4, -0.2) is 9.97 Å². The Balaban J connectivity index is 1.90. The molecule has 2 aromatic rings. The van der Waals surface area contributed by atoms with Gasteiger partial charge in [-0.1, -0.05) is 0 Å². The molecule has 0 aliphatic carbocycles. The Morgan fingerprint density at radius 1 is 1.33 bits per heavy atom. The fraction of sp³-hybridized carbons (Fsp3) is 0.273. The van der Waals surface area contributed by atoms with E-state index in [2.05, 4.69) is 22.2 Å². The molecule has 0 radical (unpaired) electrons. The van der Waals surface area contributed by atoms with Gasteiger partial charge in [-0.05, 0) is 24.6 Å². The molecule has 1 N–H and O–H groups in total. The lowest BCUT2D eigenvalue weighted by atomic mass is 10.1. The first kappa shape index (κ1) is 10.3. The molecule has 2 rings (SSSR count). The van der Waals surface area contributed by atoms with Gasteiger partial charge >= 0.3 is 0 Å². The maximum Gasteiger partial charge on any atom is 0.0794 e. The third kappa shape index (κ3) is 2.84. The molecule has 0 saturated heterocycles. The van der Waals surface area contributed by atoms with Crippen molar-refractivity contribution in [1.82, 2.24) is 15.3 Å². The van der Waals surface area contributed by atoms with Gasteiger partial charge in [-0.2, -0.15) is 0 Å². The fourth-order valence-corrected chi connectivity index (χ4v) is 1.90. The number of hydrogen-bond acceptors (Lipinski definition) is 4. The summed E-state index contributed by atoms with van der Waals surface area (Å²) in [5, 5.41) is 3.44. The van der Waals surface area contributed by atoms with E-state index in [1.165, 1.54) is 10.4 Å². The summed E-state index contributed by atoms with van der Waals surface area (Å²) in [6, 6.07) is 4.41. The molecule has 3 nitrogen and oxygen atoms in total. The van der Waals surface area contributed by atoms with E-state index in [0.29, 0.717) is 6.04 Å². The van der Waals surface area contributed by atoms with Crippen LogP contribution in [0.15, 0.2) is 36.2 Å². The zero-order chi connectivity index (χ0) is 10.5. The fourth-order valence-electron chi connectivity index (χ4n) is 1.35. The molecule has 0 aromatic carbocycles. The summed E-state index contributed by atoms with van der Waals surface area (Å²) in [6.07, 6.45) is 5.54. The zero-order valence-electron chi connectivity index (χ0n) is 8.55. The van der Waals surface area contributed by atoms with E-state index in [9.17, 15) is 0 Å². The highest BCUT2D eigenvalue weighted by molar-refractivity contribution is 7.09. The quantitative estimate of drug-likeness (QED) is 0.858. The van der Waals surface area contributed by atoms with Gasteiger partial charge in [-0.3, -0.25) is 9.97 Å². The van der Waals surface area contributed by atoms with Crippen molar-refractivity contribution in [3.8, 4) is 0 Å². The largest absolute Gasteiger partial charge is 0.305 e. The molecule has 15 heavy (non-hydrogen) atoms. The summed E-state index contributed by atoms with van der Waals surface area (Å²) >= 11 is 1.67. The van der Waals surface area contributed by atoms with Crippen molar-refractivity contribution in [3.05, 3.63) is 46.7 Å². The van der Waals surface area contributed by atoms with E-state index in [4.69, 9.17) is 0 Å². The summed E-state index contributed by atoms with van der Waals surface area (Å²) < 4.78 is 0. The number of hydrogen-bond donors (Lipinski definition) is 1. The Morgan fingerprint density at radius 2 is 2.13 bits per heavy atom. The molecule has 0 saturated carbocycles. The lowest BCUT2D eigenvalue weighted by Crippen LogP contribution is -2.17. The molecular formula is C11H13N3S. The second-order valence-electron chi connectivity index (χ2n) is 3.35. The molecule has 0 aliphatic rings. The van der Waals surface area contributed by atoms with Crippen molar-refractivity contribution in [1.29, 1.82) is 0 Å². The first-order chi connectivity index (χ1) is 7.36. The van der Waals surface area contributed by atoms with E-state index in [1.54, 1.807) is 11.3 Å². The predicted octanol–water partition coefficient (Wildman–Crippen LogP) is 2.39. The normalized spacial score (nSPS) is 12.6. The van der Waals surface area contributed by atoms with E-state index in [1.807, 2.05) is 36.2 Å². The average Bonchev–Trinajstić information content (AvgIpc) is 2.80. The molecule has 78 valence electrons. The highest BCUT2D eigenvalue weighted by Crippen LogP contribution is 2.12. The molecule has 0 aliphatic heterocycles. The minimum absolute atomic E-state index is 0.343. The third-order valence-corrected chi connectivity index (χ3v) is 3.05. The molecule has 1 atom stereocenters.